The molecule has 25 heavy (non-hydrogen) atoms. The van der Waals surface area contributed by atoms with Gasteiger partial charge in [-0.1, -0.05) is 30.3 Å². The number of ketones is 1. The maximum atomic E-state index is 12.9. The molecular formula is C21H24FNOS. The maximum Gasteiger partial charge on any atom is 0.160 e. The van der Waals surface area contributed by atoms with Crippen molar-refractivity contribution in [1.82, 2.24) is 4.90 Å². The summed E-state index contributed by atoms with van der Waals surface area (Å²) < 4.78 is 12.9. The summed E-state index contributed by atoms with van der Waals surface area (Å²) in [5, 5.41) is 0.572. The maximum absolute atomic E-state index is 12.9. The van der Waals surface area contributed by atoms with E-state index in [1.807, 2.05) is 42.1 Å². The fraction of sp³-hybridized carbons (Fsp3) is 0.381. The molecule has 0 spiro atoms. The van der Waals surface area contributed by atoms with Gasteiger partial charge in [-0.05, 0) is 63.0 Å². The second-order valence-electron chi connectivity index (χ2n) is 6.59. The van der Waals surface area contributed by atoms with Crippen LogP contribution in [0.4, 0.5) is 4.39 Å². The highest BCUT2D eigenvalue weighted by Crippen LogP contribution is 2.32. The van der Waals surface area contributed by atoms with Crippen molar-refractivity contribution >= 4 is 17.5 Å². The number of hydrogen-bond acceptors (Lipinski definition) is 3. The Balaban J connectivity index is 1.47. The van der Waals surface area contributed by atoms with E-state index in [4.69, 9.17) is 0 Å². The predicted molar refractivity (Wildman–Crippen MR) is 102 cm³/mol. The number of Topliss-reactive ketones (excluding diaryl/α,β-unsaturated/α-hetero) is 1. The molecule has 2 nitrogen and oxygen atoms in total. The molecule has 0 atom stereocenters. The first-order chi connectivity index (χ1) is 12.1. The van der Waals surface area contributed by atoms with Crippen LogP contribution in [0.2, 0.25) is 0 Å². The Kier molecular flexibility index (Phi) is 6.27. The van der Waals surface area contributed by atoms with E-state index in [0.717, 1.165) is 49.4 Å². The zero-order valence-corrected chi connectivity index (χ0v) is 15.4. The van der Waals surface area contributed by atoms with E-state index in [0.29, 0.717) is 5.25 Å². The summed E-state index contributed by atoms with van der Waals surface area (Å²) >= 11 is 1.85. The number of hydrogen-bond donors (Lipinski definition) is 0. The highest BCUT2D eigenvalue weighted by atomic mass is 32.2. The Morgan fingerprint density at radius 1 is 1.12 bits per heavy atom. The third kappa shape index (κ3) is 5.16. The van der Waals surface area contributed by atoms with Gasteiger partial charge in [-0.2, -0.15) is 0 Å². The molecule has 0 aromatic heterocycles. The third-order valence-electron chi connectivity index (χ3n) is 4.72. The van der Waals surface area contributed by atoms with Crippen LogP contribution in [-0.4, -0.2) is 35.6 Å². The molecule has 3 rings (SSSR count). The van der Waals surface area contributed by atoms with Crippen molar-refractivity contribution in [2.24, 2.45) is 0 Å². The molecule has 2 aromatic carbocycles. The van der Waals surface area contributed by atoms with Gasteiger partial charge in [-0.15, -0.1) is 11.8 Å². The topological polar surface area (TPSA) is 20.3 Å². The van der Waals surface area contributed by atoms with E-state index < -0.39 is 0 Å². The second-order valence-corrected chi connectivity index (χ2v) is 7.93. The molecule has 0 N–H and O–H groups in total. The fourth-order valence-corrected chi connectivity index (χ4v) is 4.53. The molecule has 0 aliphatic carbocycles. The summed E-state index contributed by atoms with van der Waals surface area (Å²) in [4.78, 5) is 15.4. The van der Waals surface area contributed by atoms with Crippen molar-refractivity contribution < 1.29 is 9.18 Å². The van der Waals surface area contributed by atoms with Crippen molar-refractivity contribution in [3.05, 3.63) is 65.5 Å². The number of rotatable bonds is 6. The Morgan fingerprint density at radius 2 is 1.80 bits per heavy atom. The molecule has 0 radical (unpaired) electrons. The van der Waals surface area contributed by atoms with Crippen LogP contribution in [0.25, 0.3) is 0 Å². The third-order valence-corrected chi connectivity index (χ3v) is 6.14. The summed E-state index contributed by atoms with van der Waals surface area (Å²) in [5.41, 5.74) is 2.03. The van der Waals surface area contributed by atoms with Gasteiger partial charge in [0.25, 0.3) is 0 Å². The molecule has 0 bridgehead atoms. The number of carbonyl (C=O) groups is 1. The second kappa shape index (κ2) is 8.63. The highest BCUT2D eigenvalue weighted by Gasteiger charge is 2.21. The monoisotopic (exact) mass is 357 g/mol. The van der Waals surface area contributed by atoms with Crippen molar-refractivity contribution in [2.45, 2.75) is 36.3 Å². The molecular weight excluding hydrogens is 333 g/mol. The van der Waals surface area contributed by atoms with Crippen molar-refractivity contribution in [2.75, 3.05) is 19.6 Å². The molecule has 4 heteroatoms. The predicted octanol–water partition coefficient (Wildman–Crippen LogP) is 4.83. The van der Waals surface area contributed by atoms with Crippen LogP contribution in [0.1, 0.15) is 35.7 Å². The van der Waals surface area contributed by atoms with E-state index in [1.54, 1.807) is 6.92 Å². The van der Waals surface area contributed by atoms with Crippen molar-refractivity contribution in [1.29, 1.82) is 0 Å². The number of nitrogens with zero attached hydrogens (tertiary/aromatic N) is 1. The summed E-state index contributed by atoms with van der Waals surface area (Å²) in [7, 11) is 0. The summed E-state index contributed by atoms with van der Waals surface area (Å²) in [6.45, 7) is 4.83. The van der Waals surface area contributed by atoms with Gasteiger partial charge in [0, 0.05) is 22.3 Å². The van der Waals surface area contributed by atoms with Crippen LogP contribution in [-0.2, 0) is 6.42 Å². The Bertz CT molecular complexity index is 708. The molecule has 2 aromatic rings. The molecule has 1 aliphatic rings. The smallest absolute Gasteiger partial charge is 0.160 e. The quantitative estimate of drug-likeness (QED) is 0.691. The summed E-state index contributed by atoms with van der Waals surface area (Å²) in [6, 6.07) is 14.7. The van der Waals surface area contributed by atoms with Gasteiger partial charge in [0.05, 0.1) is 0 Å². The van der Waals surface area contributed by atoms with Crippen LogP contribution >= 0.6 is 11.8 Å². The molecule has 0 saturated carbocycles. The lowest BCUT2D eigenvalue weighted by Crippen LogP contribution is -2.36. The number of benzene rings is 2. The first-order valence-corrected chi connectivity index (χ1v) is 9.73. The van der Waals surface area contributed by atoms with Gasteiger partial charge in [0.1, 0.15) is 5.82 Å². The molecule has 132 valence electrons. The van der Waals surface area contributed by atoms with Crippen LogP contribution in [0.15, 0.2) is 53.4 Å². The minimum Gasteiger partial charge on any atom is -0.303 e. The average molecular weight is 357 g/mol. The van der Waals surface area contributed by atoms with Crippen LogP contribution in [0, 0.1) is 5.82 Å². The van der Waals surface area contributed by atoms with Crippen LogP contribution in [0.5, 0.6) is 0 Å². The number of thioether (sulfide) groups is 1. The summed E-state index contributed by atoms with van der Waals surface area (Å²) in [6.07, 6.45) is 3.24. The van der Waals surface area contributed by atoms with Crippen molar-refractivity contribution in [3.63, 3.8) is 0 Å². The van der Waals surface area contributed by atoms with Gasteiger partial charge in [0.15, 0.2) is 5.78 Å². The molecule has 1 heterocycles. The Morgan fingerprint density at radius 3 is 2.48 bits per heavy atom. The van der Waals surface area contributed by atoms with Crippen LogP contribution < -0.4 is 0 Å². The van der Waals surface area contributed by atoms with Crippen molar-refractivity contribution in [3.8, 4) is 0 Å². The average Bonchev–Trinajstić information content (AvgIpc) is 2.63. The number of carbonyl (C=O) groups excluding carboxylic acids is 1. The first kappa shape index (κ1) is 18.2. The van der Waals surface area contributed by atoms with Gasteiger partial charge < -0.3 is 4.90 Å². The lowest BCUT2D eigenvalue weighted by molar-refractivity contribution is 0.101. The van der Waals surface area contributed by atoms with Gasteiger partial charge >= 0.3 is 0 Å². The van der Waals surface area contributed by atoms with E-state index in [9.17, 15) is 9.18 Å². The standard InChI is InChI=1S/C21H24FNOS/c1-16(24)20-4-2-3-5-21(20)25-19-11-14-23(15-12-19)13-10-17-6-8-18(22)9-7-17/h2-9,19H,10-15H2,1H3. The molecule has 1 aliphatic heterocycles. The lowest BCUT2D eigenvalue weighted by Gasteiger charge is -2.31. The zero-order chi connectivity index (χ0) is 17.6. The molecule has 1 saturated heterocycles. The largest absolute Gasteiger partial charge is 0.303 e. The minimum absolute atomic E-state index is 0.139. The fourth-order valence-electron chi connectivity index (χ4n) is 3.23. The van der Waals surface area contributed by atoms with E-state index in [1.165, 1.54) is 17.7 Å². The number of piperidine rings is 1. The normalized spacial score (nSPS) is 16.1. The van der Waals surface area contributed by atoms with Gasteiger partial charge in [0.2, 0.25) is 0 Å². The van der Waals surface area contributed by atoms with E-state index in [2.05, 4.69) is 11.0 Å². The first-order valence-electron chi connectivity index (χ1n) is 8.85. The van der Waals surface area contributed by atoms with E-state index >= 15 is 0 Å². The minimum atomic E-state index is -0.174. The molecule has 0 unspecified atom stereocenters. The van der Waals surface area contributed by atoms with Gasteiger partial charge in [-0.25, -0.2) is 4.39 Å². The lowest BCUT2D eigenvalue weighted by atomic mass is 10.1. The Hall–Kier alpha value is -1.65. The number of likely N-dealkylation sites (tertiary alicyclic amines) is 1. The molecule has 1 fully saturated rings. The number of halogens is 1. The highest BCUT2D eigenvalue weighted by molar-refractivity contribution is 8.00. The van der Waals surface area contributed by atoms with Gasteiger partial charge in [-0.3, -0.25) is 4.79 Å². The summed E-state index contributed by atoms with van der Waals surface area (Å²) in [5.74, 6) is -0.0349. The van der Waals surface area contributed by atoms with E-state index in [-0.39, 0.29) is 11.6 Å². The Labute approximate surface area is 153 Å². The molecule has 0 amide bonds. The zero-order valence-electron chi connectivity index (χ0n) is 14.6. The SMILES string of the molecule is CC(=O)c1ccccc1SC1CCN(CCc2ccc(F)cc2)CC1. The van der Waals surface area contributed by atoms with Crippen LogP contribution in [0.3, 0.4) is 0 Å².